The lowest BCUT2D eigenvalue weighted by atomic mass is 10.2. The highest BCUT2D eigenvalue weighted by Gasteiger charge is 2.32. The van der Waals surface area contributed by atoms with Crippen LogP contribution in [0.5, 0.6) is 0 Å². The number of rotatable bonds is 18. The summed E-state index contributed by atoms with van der Waals surface area (Å²) in [5.41, 5.74) is 0.918. The zero-order chi connectivity index (χ0) is 25.1. The van der Waals surface area contributed by atoms with Gasteiger partial charge in [0.2, 0.25) is 0 Å². The number of hydroxylamine groups is 2. The second kappa shape index (κ2) is 17.4. The Labute approximate surface area is 203 Å². The average molecular weight is 497 g/mol. The molecule has 0 aliphatic carbocycles. The van der Waals surface area contributed by atoms with Crippen molar-refractivity contribution in [1.82, 2.24) is 10.4 Å². The number of hydrogen-bond acceptors (Lipinski definition) is 10. The van der Waals surface area contributed by atoms with E-state index in [2.05, 4.69) is 5.32 Å². The van der Waals surface area contributed by atoms with Crippen LogP contribution >= 0.6 is 0 Å². The molecule has 3 amide bonds. The molecule has 1 N–H and O–H groups in total. The van der Waals surface area contributed by atoms with Gasteiger partial charge >= 0.3 is 12.1 Å². The Morgan fingerprint density at radius 3 is 1.91 bits per heavy atom. The molecule has 1 aromatic rings. The van der Waals surface area contributed by atoms with Crippen molar-refractivity contribution in [3.63, 3.8) is 0 Å². The highest BCUT2D eigenvalue weighted by Crippen LogP contribution is 2.12. The topological polar surface area (TPSA) is 139 Å². The summed E-state index contributed by atoms with van der Waals surface area (Å²) in [5, 5.41) is 3.12. The summed E-state index contributed by atoms with van der Waals surface area (Å²) < 4.78 is 26.4. The Bertz CT molecular complexity index is 774. The normalized spacial score (nSPS) is 13.2. The summed E-state index contributed by atoms with van der Waals surface area (Å²) in [6, 6.07) is 9.41. The smallest absolute Gasteiger partial charge is 0.407 e. The van der Waals surface area contributed by atoms with E-state index in [-0.39, 0.29) is 39.1 Å². The Morgan fingerprint density at radius 2 is 1.31 bits per heavy atom. The van der Waals surface area contributed by atoms with E-state index in [1.807, 2.05) is 30.3 Å². The summed E-state index contributed by atoms with van der Waals surface area (Å²) in [6.45, 7) is 3.12. The summed E-state index contributed by atoms with van der Waals surface area (Å²) in [7, 11) is 0. The summed E-state index contributed by atoms with van der Waals surface area (Å²) in [6.07, 6.45) is -0.459. The Kier molecular flexibility index (Phi) is 14.0. The predicted octanol–water partition coefficient (Wildman–Crippen LogP) is 0.977. The van der Waals surface area contributed by atoms with E-state index in [4.69, 9.17) is 28.5 Å². The monoisotopic (exact) mass is 496 g/mol. The van der Waals surface area contributed by atoms with Crippen LogP contribution in [-0.4, -0.2) is 88.3 Å². The number of carbonyl (C=O) groups excluding carboxylic acids is 4. The number of nitrogens with one attached hydrogen (secondary N) is 1. The van der Waals surface area contributed by atoms with Crippen molar-refractivity contribution in [2.45, 2.75) is 25.9 Å². The molecule has 2 rings (SSSR count). The first-order valence-electron chi connectivity index (χ1n) is 11.4. The van der Waals surface area contributed by atoms with Crippen LogP contribution in [0.2, 0.25) is 0 Å². The second-order valence-electron chi connectivity index (χ2n) is 7.23. The third kappa shape index (κ3) is 12.8. The molecule has 1 aromatic carbocycles. The first-order valence-corrected chi connectivity index (χ1v) is 11.4. The summed E-state index contributed by atoms with van der Waals surface area (Å²) in [4.78, 5) is 50.6. The molecule has 194 valence electrons. The number of nitrogens with zero attached hydrogens (tertiary/aromatic N) is 1. The number of benzene rings is 1. The number of amides is 3. The van der Waals surface area contributed by atoms with Crippen LogP contribution in [0.3, 0.4) is 0 Å². The minimum Gasteiger partial charge on any atom is -0.445 e. The molecule has 1 aliphatic rings. The van der Waals surface area contributed by atoms with Gasteiger partial charge in [0, 0.05) is 19.4 Å². The van der Waals surface area contributed by atoms with Crippen LogP contribution in [-0.2, 0) is 49.5 Å². The number of carbonyl (C=O) groups is 4. The first-order chi connectivity index (χ1) is 17.1. The number of alkyl carbamates (subject to hydrolysis) is 1. The van der Waals surface area contributed by atoms with Gasteiger partial charge in [-0.05, 0) is 5.56 Å². The van der Waals surface area contributed by atoms with Crippen molar-refractivity contribution in [2.24, 2.45) is 0 Å². The standard InChI is InChI=1S/C23H32N2O10/c26-20-6-7-21(27)25(20)35-22(28)8-10-30-12-14-32-16-17-33-15-13-31-11-9-24-23(29)34-18-19-4-2-1-3-5-19/h1-5H,6-18H2,(H,24,29). The molecule has 0 radical (unpaired) electrons. The molecule has 1 heterocycles. The van der Waals surface area contributed by atoms with Crippen LogP contribution in [0.1, 0.15) is 24.8 Å². The third-order valence-electron chi connectivity index (χ3n) is 4.49. The molecule has 12 nitrogen and oxygen atoms in total. The fraction of sp³-hybridized carbons (Fsp3) is 0.565. The SMILES string of the molecule is O=C(CCOCCOCCOCCOCCNC(=O)OCc1ccccc1)ON1C(=O)CCC1=O. The van der Waals surface area contributed by atoms with Gasteiger partial charge in [-0.2, -0.15) is 0 Å². The lowest BCUT2D eigenvalue weighted by molar-refractivity contribution is -0.198. The number of imide groups is 1. The molecule has 1 aliphatic heterocycles. The first kappa shape index (κ1) is 28.2. The van der Waals surface area contributed by atoms with Crippen LogP contribution in [0.25, 0.3) is 0 Å². The highest BCUT2D eigenvalue weighted by molar-refractivity contribution is 6.01. The van der Waals surface area contributed by atoms with Crippen molar-refractivity contribution < 1.29 is 47.7 Å². The lowest BCUT2D eigenvalue weighted by Gasteiger charge is -2.12. The molecule has 0 atom stereocenters. The van der Waals surface area contributed by atoms with E-state index >= 15 is 0 Å². The van der Waals surface area contributed by atoms with E-state index in [0.29, 0.717) is 51.2 Å². The average Bonchev–Trinajstić information content (AvgIpc) is 3.17. The zero-order valence-corrected chi connectivity index (χ0v) is 19.6. The molecule has 0 saturated carbocycles. The van der Waals surface area contributed by atoms with Gasteiger partial charge in [0.05, 0.1) is 59.3 Å². The predicted molar refractivity (Wildman–Crippen MR) is 120 cm³/mol. The maximum absolute atomic E-state index is 11.6. The van der Waals surface area contributed by atoms with E-state index < -0.39 is 23.9 Å². The number of hydrogen-bond donors (Lipinski definition) is 1. The molecular formula is C23H32N2O10. The molecule has 1 saturated heterocycles. The molecule has 12 heteroatoms. The van der Waals surface area contributed by atoms with Crippen LogP contribution < -0.4 is 5.32 Å². The molecule has 0 unspecified atom stereocenters. The van der Waals surface area contributed by atoms with Crippen LogP contribution in [0, 0.1) is 0 Å². The fourth-order valence-electron chi connectivity index (χ4n) is 2.72. The summed E-state index contributed by atoms with van der Waals surface area (Å²) in [5.74, 6) is -1.73. The van der Waals surface area contributed by atoms with E-state index in [0.717, 1.165) is 5.56 Å². The van der Waals surface area contributed by atoms with Gasteiger partial charge in [-0.3, -0.25) is 9.59 Å². The van der Waals surface area contributed by atoms with Crippen molar-refractivity contribution >= 4 is 23.9 Å². The second-order valence-corrected chi connectivity index (χ2v) is 7.23. The minimum absolute atomic E-state index is 0.0576. The van der Waals surface area contributed by atoms with Gasteiger partial charge in [0.25, 0.3) is 11.8 Å². The van der Waals surface area contributed by atoms with Gasteiger partial charge in [0.1, 0.15) is 6.61 Å². The third-order valence-corrected chi connectivity index (χ3v) is 4.49. The van der Waals surface area contributed by atoms with E-state index in [1.165, 1.54) is 0 Å². The van der Waals surface area contributed by atoms with Gasteiger partial charge in [-0.15, -0.1) is 5.06 Å². The van der Waals surface area contributed by atoms with E-state index in [1.54, 1.807) is 0 Å². The molecule has 1 fully saturated rings. The Morgan fingerprint density at radius 1 is 0.771 bits per heavy atom. The van der Waals surface area contributed by atoms with Gasteiger partial charge in [-0.25, -0.2) is 9.59 Å². The maximum atomic E-state index is 11.6. The van der Waals surface area contributed by atoms with Crippen LogP contribution in [0.4, 0.5) is 4.79 Å². The van der Waals surface area contributed by atoms with Crippen molar-refractivity contribution in [1.29, 1.82) is 0 Å². The molecular weight excluding hydrogens is 464 g/mol. The van der Waals surface area contributed by atoms with Crippen molar-refractivity contribution in [2.75, 3.05) is 59.4 Å². The van der Waals surface area contributed by atoms with Gasteiger partial charge in [0.15, 0.2) is 0 Å². The molecule has 0 aromatic heterocycles. The van der Waals surface area contributed by atoms with Gasteiger partial charge in [-0.1, -0.05) is 30.3 Å². The van der Waals surface area contributed by atoms with Crippen LogP contribution in [0.15, 0.2) is 30.3 Å². The molecule has 0 spiro atoms. The largest absolute Gasteiger partial charge is 0.445 e. The Hall–Kier alpha value is -3.06. The molecule has 35 heavy (non-hydrogen) atoms. The molecule has 0 bridgehead atoms. The minimum atomic E-state index is -0.705. The highest BCUT2D eigenvalue weighted by atomic mass is 16.7. The van der Waals surface area contributed by atoms with Gasteiger partial charge < -0.3 is 33.8 Å². The van der Waals surface area contributed by atoms with Crippen molar-refractivity contribution in [3.05, 3.63) is 35.9 Å². The Balaban J connectivity index is 1.28. The lowest BCUT2D eigenvalue weighted by Crippen LogP contribution is -2.32. The maximum Gasteiger partial charge on any atom is 0.407 e. The van der Waals surface area contributed by atoms with Crippen molar-refractivity contribution in [3.8, 4) is 0 Å². The van der Waals surface area contributed by atoms with E-state index in [9.17, 15) is 19.2 Å². The zero-order valence-electron chi connectivity index (χ0n) is 19.6. The quantitative estimate of drug-likeness (QED) is 0.231. The fourth-order valence-corrected chi connectivity index (χ4v) is 2.72. The summed E-state index contributed by atoms with van der Waals surface area (Å²) >= 11 is 0. The number of ether oxygens (including phenoxy) is 5.